The van der Waals surface area contributed by atoms with Crippen LogP contribution in [0.15, 0.2) is 0 Å². The number of H-pyrrole nitrogens is 1. The third-order valence-corrected chi connectivity index (χ3v) is 7.94. The van der Waals surface area contributed by atoms with Crippen LogP contribution in [0.4, 0.5) is 0 Å². The van der Waals surface area contributed by atoms with E-state index in [-0.39, 0.29) is 5.41 Å². The van der Waals surface area contributed by atoms with Gasteiger partial charge in [-0.2, -0.15) is 22.1 Å². The van der Waals surface area contributed by atoms with E-state index in [1.165, 1.54) is 24.1 Å². The molecule has 0 radical (unpaired) electrons. The van der Waals surface area contributed by atoms with E-state index in [1.807, 2.05) is 0 Å². The van der Waals surface area contributed by atoms with Crippen LogP contribution in [0.25, 0.3) is 0 Å². The molecular formula is C17H28N4O2S. The number of aromatic amines is 1. The van der Waals surface area contributed by atoms with Crippen LogP contribution in [-0.2, 0) is 23.1 Å². The van der Waals surface area contributed by atoms with Gasteiger partial charge in [0.2, 0.25) is 0 Å². The molecule has 2 aliphatic heterocycles. The second-order valence-corrected chi connectivity index (χ2v) is 10.2. The third kappa shape index (κ3) is 3.02. The van der Waals surface area contributed by atoms with Crippen LogP contribution in [-0.4, -0.2) is 53.4 Å². The maximum Gasteiger partial charge on any atom is 0.281 e. The predicted octanol–water partition coefficient (Wildman–Crippen LogP) is 2.05. The van der Waals surface area contributed by atoms with Gasteiger partial charge in [-0.15, -0.1) is 0 Å². The minimum atomic E-state index is -3.34. The summed E-state index contributed by atoms with van der Waals surface area (Å²) in [4.78, 5) is 0. The van der Waals surface area contributed by atoms with Gasteiger partial charge in [0.1, 0.15) is 0 Å². The summed E-state index contributed by atoms with van der Waals surface area (Å²) < 4.78 is 29.5. The summed E-state index contributed by atoms with van der Waals surface area (Å²) in [5.41, 5.74) is 3.89. The molecule has 1 aromatic rings. The van der Waals surface area contributed by atoms with E-state index in [0.717, 1.165) is 31.4 Å². The highest BCUT2D eigenvalue weighted by molar-refractivity contribution is 7.86. The van der Waals surface area contributed by atoms with Crippen molar-refractivity contribution in [3.8, 4) is 0 Å². The van der Waals surface area contributed by atoms with E-state index in [9.17, 15) is 8.42 Å². The van der Waals surface area contributed by atoms with Gasteiger partial charge in [0.25, 0.3) is 10.2 Å². The molecule has 0 aromatic carbocycles. The molecule has 4 rings (SSSR count). The minimum Gasteiger partial charge on any atom is -0.282 e. The Hall–Kier alpha value is -0.920. The number of nitrogens with one attached hydrogen (secondary N) is 1. The summed E-state index contributed by atoms with van der Waals surface area (Å²) in [5, 5.41) is 7.66. The predicted molar refractivity (Wildman–Crippen MR) is 93.1 cm³/mol. The summed E-state index contributed by atoms with van der Waals surface area (Å²) in [5.74, 6) is 0.609. The van der Waals surface area contributed by atoms with Crippen molar-refractivity contribution in [1.82, 2.24) is 18.8 Å². The van der Waals surface area contributed by atoms with Gasteiger partial charge in [-0.1, -0.05) is 13.8 Å². The molecule has 6 nitrogen and oxygen atoms in total. The molecule has 0 unspecified atom stereocenters. The number of piperidine rings is 1. The first-order valence-electron chi connectivity index (χ1n) is 9.18. The number of aromatic nitrogens is 2. The van der Waals surface area contributed by atoms with Gasteiger partial charge in [0.15, 0.2) is 0 Å². The minimum absolute atomic E-state index is 0.257. The van der Waals surface area contributed by atoms with Crippen molar-refractivity contribution in [2.75, 3.05) is 26.2 Å². The Bertz CT molecular complexity index is 711. The monoisotopic (exact) mass is 352 g/mol. The zero-order valence-corrected chi connectivity index (χ0v) is 15.5. The first-order valence-corrected chi connectivity index (χ1v) is 10.6. The summed E-state index contributed by atoms with van der Waals surface area (Å²) in [6, 6.07) is 0. The van der Waals surface area contributed by atoms with E-state index in [1.54, 1.807) is 8.61 Å². The second kappa shape index (κ2) is 5.81. The molecule has 0 amide bonds. The quantitative estimate of drug-likeness (QED) is 0.905. The maximum atomic E-state index is 13.0. The lowest BCUT2D eigenvalue weighted by Gasteiger charge is -2.38. The SMILES string of the molecule is CC1(C)CCN(S(=O)(=O)N2CCc3[nH]nc(C4CC4)c3CC2)CC1. The smallest absolute Gasteiger partial charge is 0.281 e. The van der Waals surface area contributed by atoms with Crippen molar-refractivity contribution in [1.29, 1.82) is 0 Å². The Balaban J connectivity index is 1.47. The molecule has 1 N–H and O–H groups in total. The Kier molecular flexibility index (Phi) is 4.01. The van der Waals surface area contributed by atoms with E-state index in [2.05, 4.69) is 24.0 Å². The Morgan fingerprint density at radius 3 is 2.33 bits per heavy atom. The highest BCUT2D eigenvalue weighted by Crippen LogP contribution is 2.42. The lowest BCUT2D eigenvalue weighted by Crippen LogP contribution is -2.49. The first kappa shape index (κ1) is 16.5. The molecule has 0 bridgehead atoms. The Labute approximate surface area is 144 Å². The summed E-state index contributed by atoms with van der Waals surface area (Å²) in [6.07, 6.45) is 5.86. The van der Waals surface area contributed by atoms with Gasteiger partial charge >= 0.3 is 0 Å². The van der Waals surface area contributed by atoms with E-state index < -0.39 is 10.2 Å². The molecular weight excluding hydrogens is 324 g/mol. The molecule has 3 heterocycles. The van der Waals surface area contributed by atoms with Crippen molar-refractivity contribution in [2.45, 2.75) is 58.3 Å². The summed E-state index contributed by atoms with van der Waals surface area (Å²) >= 11 is 0. The normalized spacial score (nSPS) is 26.1. The molecule has 0 spiro atoms. The topological polar surface area (TPSA) is 69.3 Å². The van der Waals surface area contributed by atoms with Crippen LogP contribution in [0.3, 0.4) is 0 Å². The number of hydrogen-bond donors (Lipinski definition) is 1. The molecule has 24 heavy (non-hydrogen) atoms. The molecule has 2 fully saturated rings. The number of nitrogens with zero attached hydrogens (tertiary/aromatic N) is 3. The standard InChI is InChI=1S/C17H28N4O2S/c1-17(2)7-11-21(12-8-17)24(22,23)20-9-5-14-15(6-10-20)18-19-16(14)13-3-4-13/h13H,3-12H2,1-2H3,(H,18,19). The van der Waals surface area contributed by atoms with Crippen molar-refractivity contribution in [3.05, 3.63) is 17.0 Å². The Morgan fingerprint density at radius 2 is 1.67 bits per heavy atom. The molecule has 0 atom stereocenters. The number of hydrogen-bond acceptors (Lipinski definition) is 3. The van der Waals surface area contributed by atoms with Crippen molar-refractivity contribution >= 4 is 10.2 Å². The van der Waals surface area contributed by atoms with Crippen LogP contribution in [0.1, 0.15) is 62.4 Å². The van der Waals surface area contributed by atoms with Crippen LogP contribution >= 0.6 is 0 Å². The third-order valence-electron chi connectivity index (χ3n) is 5.90. The lowest BCUT2D eigenvalue weighted by molar-refractivity contribution is 0.187. The fourth-order valence-electron chi connectivity index (χ4n) is 3.90. The lowest BCUT2D eigenvalue weighted by atomic mass is 9.83. The van der Waals surface area contributed by atoms with Crippen LogP contribution < -0.4 is 0 Å². The Morgan fingerprint density at radius 1 is 1.04 bits per heavy atom. The average Bonchev–Trinajstić information content (AvgIpc) is 3.32. The van der Waals surface area contributed by atoms with Gasteiger partial charge in [-0.3, -0.25) is 5.10 Å². The first-order chi connectivity index (χ1) is 11.4. The van der Waals surface area contributed by atoms with E-state index >= 15 is 0 Å². The molecule has 134 valence electrons. The zero-order chi connectivity index (χ0) is 16.9. The summed E-state index contributed by atoms with van der Waals surface area (Å²) in [6.45, 7) is 6.87. The molecule has 1 aromatic heterocycles. The van der Waals surface area contributed by atoms with Gasteiger partial charge in [0.05, 0.1) is 5.69 Å². The average molecular weight is 353 g/mol. The largest absolute Gasteiger partial charge is 0.282 e. The summed E-state index contributed by atoms with van der Waals surface area (Å²) in [7, 11) is -3.34. The zero-order valence-electron chi connectivity index (χ0n) is 14.7. The van der Waals surface area contributed by atoms with Crippen LogP contribution in [0.2, 0.25) is 0 Å². The van der Waals surface area contributed by atoms with Crippen LogP contribution in [0.5, 0.6) is 0 Å². The van der Waals surface area contributed by atoms with Crippen LogP contribution in [0, 0.1) is 5.41 Å². The van der Waals surface area contributed by atoms with Gasteiger partial charge in [-0.05, 0) is 43.1 Å². The molecule has 1 saturated carbocycles. The second-order valence-electron chi connectivity index (χ2n) is 8.31. The van der Waals surface area contributed by atoms with Crippen molar-refractivity contribution < 1.29 is 8.42 Å². The number of rotatable bonds is 3. The molecule has 3 aliphatic rings. The van der Waals surface area contributed by atoms with E-state index in [4.69, 9.17) is 0 Å². The van der Waals surface area contributed by atoms with Gasteiger partial charge < -0.3 is 0 Å². The highest BCUT2D eigenvalue weighted by atomic mass is 32.2. The maximum absolute atomic E-state index is 13.0. The van der Waals surface area contributed by atoms with Gasteiger partial charge in [-0.25, -0.2) is 0 Å². The molecule has 1 aliphatic carbocycles. The molecule has 7 heteroatoms. The van der Waals surface area contributed by atoms with Gasteiger partial charge in [0, 0.05) is 44.2 Å². The van der Waals surface area contributed by atoms with E-state index in [0.29, 0.717) is 32.1 Å². The molecule has 1 saturated heterocycles. The number of fused-ring (bicyclic) bond motifs is 1. The fraction of sp³-hybridized carbons (Fsp3) is 0.824. The highest BCUT2D eigenvalue weighted by Gasteiger charge is 2.37. The van der Waals surface area contributed by atoms with Crippen molar-refractivity contribution in [2.24, 2.45) is 5.41 Å². The fourth-order valence-corrected chi connectivity index (χ4v) is 5.51. The van der Waals surface area contributed by atoms with Crippen molar-refractivity contribution in [3.63, 3.8) is 0 Å².